The van der Waals surface area contributed by atoms with Gasteiger partial charge >= 0.3 is 0 Å². The fourth-order valence-electron chi connectivity index (χ4n) is 2.34. The number of hydrogen-bond donors (Lipinski definition) is 3. The van der Waals surface area contributed by atoms with Crippen molar-refractivity contribution in [3.05, 3.63) is 59.7 Å². The number of para-hydroxylation sites is 1. The van der Waals surface area contributed by atoms with Gasteiger partial charge < -0.3 is 16.0 Å². The largest absolute Gasteiger partial charge is 0.361 e. The van der Waals surface area contributed by atoms with Crippen LogP contribution in [0.15, 0.2) is 48.5 Å². The number of carbonyl (C=O) groups is 2. The molecule has 1 heterocycles. The Balaban J connectivity index is 1.82. The van der Waals surface area contributed by atoms with E-state index in [1.807, 2.05) is 42.5 Å². The van der Waals surface area contributed by atoms with Crippen LogP contribution < -0.4 is 16.0 Å². The molecule has 2 aromatic rings. The van der Waals surface area contributed by atoms with Gasteiger partial charge in [0.1, 0.15) is 6.17 Å². The van der Waals surface area contributed by atoms with Crippen LogP contribution in [0.25, 0.3) is 0 Å². The fraction of sp³-hybridized carbons (Fsp3) is 0.125. The molecule has 0 bridgehead atoms. The van der Waals surface area contributed by atoms with Crippen molar-refractivity contribution >= 4 is 23.2 Å². The van der Waals surface area contributed by atoms with E-state index in [4.69, 9.17) is 0 Å². The topological polar surface area (TPSA) is 70.2 Å². The van der Waals surface area contributed by atoms with Gasteiger partial charge in [-0.1, -0.05) is 24.3 Å². The van der Waals surface area contributed by atoms with Crippen LogP contribution >= 0.6 is 0 Å². The number of benzene rings is 2. The Morgan fingerprint density at radius 3 is 2.48 bits per heavy atom. The van der Waals surface area contributed by atoms with Gasteiger partial charge in [-0.05, 0) is 29.8 Å². The Morgan fingerprint density at radius 1 is 1.05 bits per heavy atom. The molecular formula is C16H15N3O2. The van der Waals surface area contributed by atoms with E-state index in [-0.39, 0.29) is 18.0 Å². The third kappa shape index (κ3) is 2.72. The molecule has 1 aliphatic rings. The molecule has 0 saturated heterocycles. The third-order valence-electron chi connectivity index (χ3n) is 3.31. The summed E-state index contributed by atoms with van der Waals surface area (Å²) < 4.78 is 0. The lowest BCUT2D eigenvalue weighted by molar-refractivity contribution is -0.114. The fourth-order valence-corrected chi connectivity index (χ4v) is 2.34. The van der Waals surface area contributed by atoms with Crippen LogP contribution in [-0.2, 0) is 4.79 Å². The molecule has 3 rings (SSSR count). The van der Waals surface area contributed by atoms with Gasteiger partial charge in [-0.2, -0.15) is 0 Å². The molecule has 1 unspecified atom stereocenters. The van der Waals surface area contributed by atoms with Crippen LogP contribution in [-0.4, -0.2) is 11.8 Å². The van der Waals surface area contributed by atoms with Crippen LogP contribution in [0.4, 0.5) is 11.4 Å². The highest BCUT2D eigenvalue weighted by Crippen LogP contribution is 2.26. The maximum atomic E-state index is 12.1. The second-order valence-corrected chi connectivity index (χ2v) is 4.90. The van der Waals surface area contributed by atoms with E-state index >= 15 is 0 Å². The van der Waals surface area contributed by atoms with Gasteiger partial charge in [0, 0.05) is 18.3 Å². The summed E-state index contributed by atoms with van der Waals surface area (Å²) in [6.45, 7) is 1.47. The summed E-state index contributed by atoms with van der Waals surface area (Å²) in [6, 6.07) is 14.8. The van der Waals surface area contributed by atoms with Gasteiger partial charge in [0.05, 0.1) is 5.56 Å². The Bertz CT molecular complexity index is 695. The molecule has 0 aliphatic carbocycles. The smallest absolute Gasteiger partial charge is 0.255 e. The van der Waals surface area contributed by atoms with E-state index in [1.165, 1.54) is 6.92 Å². The van der Waals surface area contributed by atoms with Crippen molar-refractivity contribution in [2.75, 3.05) is 10.6 Å². The first-order chi connectivity index (χ1) is 10.1. The molecule has 0 radical (unpaired) electrons. The number of anilines is 2. The second-order valence-electron chi connectivity index (χ2n) is 4.90. The van der Waals surface area contributed by atoms with E-state index in [2.05, 4.69) is 16.0 Å². The van der Waals surface area contributed by atoms with Gasteiger partial charge in [0.25, 0.3) is 5.91 Å². The lowest BCUT2D eigenvalue weighted by atomic mass is 10.1. The SMILES string of the molecule is CC(=O)Nc1ccc(C2NC(=O)c3ccccc3N2)cc1. The zero-order valence-electron chi connectivity index (χ0n) is 11.5. The summed E-state index contributed by atoms with van der Waals surface area (Å²) in [7, 11) is 0. The molecule has 0 aromatic heterocycles. The third-order valence-corrected chi connectivity index (χ3v) is 3.31. The molecule has 3 N–H and O–H groups in total. The first-order valence-corrected chi connectivity index (χ1v) is 6.67. The van der Waals surface area contributed by atoms with E-state index in [1.54, 1.807) is 6.07 Å². The molecule has 0 spiro atoms. The Hall–Kier alpha value is -2.82. The predicted molar refractivity (Wildman–Crippen MR) is 81.0 cm³/mol. The normalized spacial score (nSPS) is 16.4. The Morgan fingerprint density at radius 2 is 1.76 bits per heavy atom. The number of rotatable bonds is 2. The van der Waals surface area contributed by atoms with Crippen LogP contribution in [0.5, 0.6) is 0 Å². The van der Waals surface area contributed by atoms with E-state index < -0.39 is 0 Å². The zero-order chi connectivity index (χ0) is 14.8. The van der Waals surface area contributed by atoms with E-state index in [9.17, 15) is 9.59 Å². The average molecular weight is 281 g/mol. The van der Waals surface area contributed by atoms with E-state index in [0.717, 1.165) is 16.9 Å². The van der Waals surface area contributed by atoms with Crippen molar-refractivity contribution in [2.24, 2.45) is 0 Å². The van der Waals surface area contributed by atoms with Crippen LogP contribution in [0.3, 0.4) is 0 Å². The number of fused-ring (bicyclic) bond motifs is 1. The summed E-state index contributed by atoms with van der Waals surface area (Å²) in [5, 5.41) is 8.91. The molecule has 21 heavy (non-hydrogen) atoms. The lowest BCUT2D eigenvalue weighted by Crippen LogP contribution is -2.38. The van der Waals surface area contributed by atoms with Gasteiger partial charge in [-0.15, -0.1) is 0 Å². The Kier molecular flexibility index (Phi) is 3.31. The maximum absolute atomic E-state index is 12.1. The van der Waals surface area contributed by atoms with Crippen molar-refractivity contribution in [2.45, 2.75) is 13.1 Å². The summed E-state index contributed by atoms with van der Waals surface area (Å²) >= 11 is 0. The quantitative estimate of drug-likeness (QED) is 0.792. The average Bonchev–Trinajstić information content (AvgIpc) is 2.47. The lowest BCUT2D eigenvalue weighted by Gasteiger charge is -2.28. The minimum absolute atomic E-state index is 0.0970. The minimum atomic E-state index is -0.279. The number of hydrogen-bond acceptors (Lipinski definition) is 3. The molecule has 5 nitrogen and oxygen atoms in total. The van der Waals surface area contributed by atoms with Crippen molar-refractivity contribution in [1.29, 1.82) is 0 Å². The first kappa shape index (κ1) is 13.2. The maximum Gasteiger partial charge on any atom is 0.255 e. The number of carbonyl (C=O) groups excluding carboxylic acids is 2. The molecule has 106 valence electrons. The van der Waals surface area contributed by atoms with Crippen molar-refractivity contribution in [3.63, 3.8) is 0 Å². The highest BCUT2D eigenvalue weighted by molar-refractivity contribution is 6.01. The molecule has 5 heteroatoms. The first-order valence-electron chi connectivity index (χ1n) is 6.67. The minimum Gasteiger partial charge on any atom is -0.361 e. The molecule has 2 aromatic carbocycles. The van der Waals surface area contributed by atoms with E-state index in [0.29, 0.717) is 5.56 Å². The number of amides is 2. The molecule has 0 saturated carbocycles. The molecule has 2 amide bonds. The standard InChI is InChI=1S/C16H15N3O2/c1-10(20)17-12-8-6-11(7-9-12)15-18-14-5-3-2-4-13(14)16(21)19-15/h2-9,15,18H,1H3,(H,17,20)(H,19,21). The molecule has 0 fully saturated rings. The highest BCUT2D eigenvalue weighted by atomic mass is 16.2. The van der Waals surface area contributed by atoms with Gasteiger partial charge in [0.2, 0.25) is 5.91 Å². The molecule has 1 aliphatic heterocycles. The predicted octanol–water partition coefficient (Wildman–Crippen LogP) is 2.50. The van der Waals surface area contributed by atoms with Crippen LogP contribution in [0, 0.1) is 0 Å². The molecular weight excluding hydrogens is 266 g/mol. The highest BCUT2D eigenvalue weighted by Gasteiger charge is 2.23. The zero-order valence-corrected chi connectivity index (χ0v) is 11.5. The van der Waals surface area contributed by atoms with Gasteiger partial charge in [0.15, 0.2) is 0 Å². The van der Waals surface area contributed by atoms with Gasteiger partial charge in [-0.3, -0.25) is 9.59 Å². The monoisotopic (exact) mass is 281 g/mol. The molecule has 1 atom stereocenters. The van der Waals surface area contributed by atoms with Crippen molar-refractivity contribution in [3.8, 4) is 0 Å². The van der Waals surface area contributed by atoms with Crippen molar-refractivity contribution < 1.29 is 9.59 Å². The summed E-state index contributed by atoms with van der Waals surface area (Å²) in [6.07, 6.45) is -0.279. The summed E-state index contributed by atoms with van der Waals surface area (Å²) in [5.41, 5.74) is 3.11. The Labute approximate surface area is 122 Å². The number of nitrogens with one attached hydrogen (secondary N) is 3. The summed E-state index contributed by atoms with van der Waals surface area (Å²) in [5.74, 6) is -0.207. The van der Waals surface area contributed by atoms with Crippen molar-refractivity contribution in [1.82, 2.24) is 5.32 Å². The van der Waals surface area contributed by atoms with Crippen LogP contribution in [0.2, 0.25) is 0 Å². The summed E-state index contributed by atoms with van der Waals surface area (Å²) in [4.78, 5) is 23.1. The van der Waals surface area contributed by atoms with Gasteiger partial charge in [-0.25, -0.2) is 0 Å². The van der Waals surface area contributed by atoms with Crippen LogP contribution in [0.1, 0.15) is 29.0 Å². The second kappa shape index (κ2) is 5.28.